The molecule has 1 aliphatic heterocycles. The van der Waals surface area contributed by atoms with Crippen LogP contribution >= 0.6 is 11.3 Å². The lowest BCUT2D eigenvalue weighted by Crippen LogP contribution is -2.38. The first-order valence-corrected chi connectivity index (χ1v) is 8.30. The van der Waals surface area contributed by atoms with Gasteiger partial charge in [0, 0.05) is 23.8 Å². The zero-order chi connectivity index (χ0) is 14.8. The molecule has 2 aromatic rings. The van der Waals surface area contributed by atoms with Gasteiger partial charge in [-0.1, -0.05) is 13.8 Å². The van der Waals surface area contributed by atoms with Gasteiger partial charge in [-0.3, -0.25) is 9.89 Å². The Hall–Kier alpha value is -1.69. The Morgan fingerprint density at radius 1 is 1.48 bits per heavy atom. The van der Waals surface area contributed by atoms with Gasteiger partial charge in [-0.15, -0.1) is 11.3 Å². The van der Waals surface area contributed by atoms with Gasteiger partial charge in [0.1, 0.15) is 10.7 Å². The number of carbonyl (C=O) groups is 1. The first kappa shape index (κ1) is 14.3. The van der Waals surface area contributed by atoms with E-state index in [0.29, 0.717) is 11.6 Å². The molecule has 1 unspecified atom stereocenters. The van der Waals surface area contributed by atoms with Crippen molar-refractivity contribution in [1.29, 1.82) is 0 Å². The summed E-state index contributed by atoms with van der Waals surface area (Å²) in [6.07, 6.45) is 4.99. The molecule has 0 spiro atoms. The number of piperidine rings is 1. The monoisotopic (exact) mass is 304 g/mol. The van der Waals surface area contributed by atoms with Crippen LogP contribution in [-0.4, -0.2) is 32.5 Å². The molecule has 0 aromatic carbocycles. The van der Waals surface area contributed by atoms with Gasteiger partial charge < -0.3 is 4.90 Å². The number of carbonyl (C=O) groups excluding carboxylic acids is 1. The fraction of sp³-hybridized carbons (Fsp3) is 0.533. The minimum Gasteiger partial charge on any atom is -0.328 e. The Labute approximate surface area is 128 Å². The van der Waals surface area contributed by atoms with Gasteiger partial charge in [0.05, 0.1) is 6.04 Å². The van der Waals surface area contributed by atoms with E-state index in [0.717, 1.165) is 36.5 Å². The third-order valence-electron chi connectivity index (χ3n) is 3.94. The normalized spacial score (nSPS) is 19.2. The van der Waals surface area contributed by atoms with Crippen molar-refractivity contribution in [1.82, 2.24) is 20.1 Å². The van der Waals surface area contributed by atoms with Crippen molar-refractivity contribution in [2.75, 3.05) is 6.54 Å². The second-order valence-electron chi connectivity index (χ2n) is 5.74. The van der Waals surface area contributed by atoms with Gasteiger partial charge >= 0.3 is 0 Å². The molecular weight excluding hydrogens is 284 g/mol. The summed E-state index contributed by atoms with van der Waals surface area (Å²) < 4.78 is 0. The number of thiazole rings is 1. The van der Waals surface area contributed by atoms with Gasteiger partial charge in [-0.2, -0.15) is 5.10 Å². The molecule has 21 heavy (non-hydrogen) atoms. The van der Waals surface area contributed by atoms with Crippen LogP contribution in [0.3, 0.4) is 0 Å². The van der Waals surface area contributed by atoms with E-state index >= 15 is 0 Å². The maximum Gasteiger partial charge on any atom is 0.274 e. The zero-order valence-electron chi connectivity index (χ0n) is 12.4. The van der Waals surface area contributed by atoms with Crippen LogP contribution < -0.4 is 0 Å². The highest BCUT2D eigenvalue weighted by atomic mass is 32.1. The highest BCUT2D eigenvalue weighted by Gasteiger charge is 2.31. The molecule has 5 nitrogen and oxygen atoms in total. The summed E-state index contributed by atoms with van der Waals surface area (Å²) in [5.41, 5.74) is 1.52. The van der Waals surface area contributed by atoms with Crippen LogP contribution in [0.2, 0.25) is 0 Å². The third kappa shape index (κ3) is 2.85. The smallest absolute Gasteiger partial charge is 0.274 e. The molecular formula is C15H20N4OS. The van der Waals surface area contributed by atoms with E-state index in [1.165, 1.54) is 0 Å². The van der Waals surface area contributed by atoms with Crippen LogP contribution in [0.15, 0.2) is 17.6 Å². The van der Waals surface area contributed by atoms with Gasteiger partial charge in [0.25, 0.3) is 5.91 Å². The van der Waals surface area contributed by atoms with Crippen molar-refractivity contribution in [2.45, 2.75) is 45.1 Å². The van der Waals surface area contributed by atoms with E-state index in [1.54, 1.807) is 11.3 Å². The molecule has 1 atom stereocenters. The fourth-order valence-electron chi connectivity index (χ4n) is 2.72. The Morgan fingerprint density at radius 2 is 2.33 bits per heavy atom. The molecule has 6 heteroatoms. The van der Waals surface area contributed by atoms with Gasteiger partial charge in [-0.05, 0) is 31.2 Å². The largest absolute Gasteiger partial charge is 0.328 e. The lowest BCUT2D eigenvalue weighted by Gasteiger charge is -2.34. The molecule has 1 saturated heterocycles. The number of hydrogen-bond donors (Lipinski definition) is 1. The Kier molecular flexibility index (Phi) is 4.05. The maximum absolute atomic E-state index is 12.8. The standard InChI is InChI=1S/C15H20N4OS/c1-10(2)11-9-12(18-17-11)15(20)19-7-4-3-5-13(19)14-16-6-8-21-14/h6,8-10,13H,3-5,7H2,1-2H3,(H,17,18). The number of nitrogens with one attached hydrogen (secondary N) is 1. The van der Waals surface area contributed by atoms with Gasteiger partial charge in [0.2, 0.25) is 0 Å². The fourth-order valence-corrected chi connectivity index (χ4v) is 3.50. The highest BCUT2D eigenvalue weighted by molar-refractivity contribution is 7.09. The van der Waals surface area contributed by atoms with Gasteiger partial charge in [-0.25, -0.2) is 4.98 Å². The number of aromatic amines is 1. The average molecular weight is 304 g/mol. The number of nitrogens with zero attached hydrogens (tertiary/aromatic N) is 3. The summed E-state index contributed by atoms with van der Waals surface area (Å²) in [5.74, 6) is 0.355. The summed E-state index contributed by atoms with van der Waals surface area (Å²) >= 11 is 1.62. The molecule has 2 aromatic heterocycles. The van der Waals surface area contributed by atoms with Crippen LogP contribution in [0.5, 0.6) is 0 Å². The van der Waals surface area contributed by atoms with Crippen LogP contribution in [0.1, 0.15) is 66.3 Å². The maximum atomic E-state index is 12.8. The number of amides is 1. The minimum absolute atomic E-state index is 0.0121. The van der Waals surface area contributed by atoms with Crippen molar-refractivity contribution >= 4 is 17.2 Å². The zero-order valence-corrected chi connectivity index (χ0v) is 13.2. The van der Waals surface area contributed by atoms with Crippen molar-refractivity contribution in [3.05, 3.63) is 34.0 Å². The van der Waals surface area contributed by atoms with Crippen molar-refractivity contribution < 1.29 is 4.79 Å². The SMILES string of the molecule is CC(C)c1cc(C(=O)N2CCCCC2c2nccs2)n[nH]1. The summed E-state index contributed by atoms with van der Waals surface area (Å²) in [7, 11) is 0. The predicted molar refractivity (Wildman–Crippen MR) is 82.4 cm³/mol. The molecule has 1 aliphatic rings. The molecule has 3 rings (SSSR count). The number of hydrogen-bond acceptors (Lipinski definition) is 4. The molecule has 1 fully saturated rings. The van der Waals surface area contributed by atoms with Crippen LogP contribution in [-0.2, 0) is 0 Å². The number of rotatable bonds is 3. The average Bonchev–Trinajstić information content (AvgIpc) is 3.18. The Morgan fingerprint density at radius 3 is 3.00 bits per heavy atom. The molecule has 0 bridgehead atoms. The predicted octanol–water partition coefficient (Wildman–Crippen LogP) is 3.36. The molecule has 0 radical (unpaired) electrons. The molecule has 112 valence electrons. The number of aromatic nitrogens is 3. The Balaban J connectivity index is 1.83. The summed E-state index contributed by atoms with van der Waals surface area (Å²) in [4.78, 5) is 19.1. The van der Waals surface area contributed by atoms with Gasteiger partial charge in [0.15, 0.2) is 0 Å². The van der Waals surface area contributed by atoms with Crippen molar-refractivity contribution in [3.63, 3.8) is 0 Å². The van der Waals surface area contributed by atoms with E-state index < -0.39 is 0 Å². The second-order valence-corrected chi connectivity index (χ2v) is 6.67. The van der Waals surface area contributed by atoms with Crippen molar-refractivity contribution in [2.24, 2.45) is 0 Å². The van der Waals surface area contributed by atoms with Crippen LogP contribution in [0.25, 0.3) is 0 Å². The van der Waals surface area contributed by atoms with E-state index in [1.807, 2.05) is 22.5 Å². The molecule has 1 amide bonds. The molecule has 1 N–H and O–H groups in total. The lowest BCUT2D eigenvalue weighted by atomic mass is 10.0. The first-order valence-electron chi connectivity index (χ1n) is 7.42. The third-order valence-corrected chi connectivity index (χ3v) is 4.82. The molecule has 0 aliphatic carbocycles. The topological polar surface area (TPSA) is 61.9 Å². The summed E-state index contributed by atoms with van der Waals surface area (Å²) in [6, 6.07) is 1.98. The lowest BCUT2D eigenvalue weighted by molar-refractivity contribution is 0.0605. The van der Waals surface area contributed by atoms with E-state index in [9.17, 15) is 4.79 Å². The molecule has 0 saturated carbocycles. The second kappa shape index (κ2) is 5.97. The van der Waals surface area contributed by atoms with E-state index in [2.05, 4.69) is 29.0 Å². The number of likely N-dealkylation sites (tertiary alicyclic amines) is 1. The molecule has 3 heterocycles. The first-order chi connectivity index (χ1) is 10.2. The van der Waals surface area contributed by atoms with Crippen molar-refractivity contribution in [3.8, 4) is 0 Å². The number of H-pyrrole nitrogens is 1. The van der Waals surface area contributed by atoms with Crippen LogP contribution in [0.4, 0.5) is 0 Å². The summed E-state index contributed by atoms with van der Waals surface area (Å²) in [6.45, 7) is 4.95. The summed E-state index contributed by atoms with van der Waals surface area (Å²) in [5, 5.41) is 10.2. The highest BCUT2D eigenvalue weighted by Crippen LogP contribution is 2.33. The van der Waals surface area contributed by atoms with Crippen LogP contribution in [0, 0.1) is 0 Å². The van der Waals surface area contributed by atoms with E-state index in [-0.39, 0.29) is 11.9 Å². The quantitative estimate of drug-likeness (QED) is 0.945. The van der Waals surface area contributed by atoms with E-state index in [4.69, 9.17) is 0 Å². The Bertz CT molecular complexity index is 605. The minimum atomic E-state index is 0.0121.